The van der Waals surface area contributed by atoms with Gasteiger partial charge in [0.2, 0.25) is 6.29 Å². The maximum atomic E-state index is 14.3. The molecule has 22 heteroatoms. The van der Waals surface area contributed by atoms with Crippen LogP contribution in [0.25, 0.3) is 0 Å². The standard InChI is InChI=1S/C44H70O22/c1-17-12-43-10-6-22-41(3,8-5-9-42(22,4)40(58)65-38-33(57)30(54)26(50)20(14-46)61-38)23(43)7-11-44(17,16-43)66-39-35(64-36-31(55)28(52)24(48)18(2)59-36)34(27(51)21(15-47)62-39)63-37-32(56)29(53)25(49)19(13-45)60-37/h18-39,45-57H,1,5-16H2,2-4H3/t18-,19-,20-,21-,22?,23?,24-,25-,26-,27-,28+,29+,30+,31+,32-,33-,34+,35-,36-,37+,38?,39+,41-,42-,43-,44+/m1/s1. The summed E-state index contributed by atoms with van der Waals surface area (Å²) in [6.07, 6.45) is -27.4. The molecule has 13 N–H and O–H groups in total. The first-order valence-corrected chi connectivity index (χ1v) is 23.2. The van der Waals surface area contributed by atoms with Crippen LogP contribution in [0.2, 0.25) is 0 Å². The number of hydrogen-bond acceptors (Lipinski definition) is 22. The van der Waals surface area contributed by atoms with E-state index in [2.05, 4.69) is 13.5 Å². The maximum Gasteiger partial charge on any atom is 0.314 e. The molecule has 0 aromatic carbocycles. The van der Waals surface area contributed by atoms with Crippen LogP contribution in [-0.2, 0) is 42.7 Å². The first-order chi connectivity index (χ1) is 31.1. The van der Waals surface area contributed by atoms with Gasteiger partial charge in [-0.25, -0.2) is 0 Å². The fraction of sp³-hybridized carbons (Fsp3) is 0.932. The van der Waals surface area contributed by atoms with E-state index in [1.807, 2.05) is 6.92 Å². The van der Waals surface area contributed by atoms with Crippen LogP contribution in [0.3, 0.4) is 0 Å². The van der Waals surface area contributed by atoms with Crippen molar-refractivity contribution in [2.24, 2.45) is 28.1 Å². The molecule has 378 valence electrons. The van der Waals surface area contributed by atoms with Gasteiger partial charge < -0.3 is 104 Å². The second-order valence-corrected chi connectivity index (χ2v) is 20.8. The second-order valence-electron chi connectivity index (χ2n) is 20.8. The Morgan fingerprint density at radius 1 is 0.606 bits per heavy atom. The van der Waals surface area contributed by atoms with E-state index >= 15 is 0 Å². The molecule has 4 saturated heterocycles. The Hall–Kier alpha value is -1.59. The number of rotatable bonds is 11. The van der Waals surface area contributed by atoms with Crippen LogP contribution < -0.4 is 0 Å². The molecule has 8 aliphatic rings. The van der Waals surface area contributed by atoms with Crippen LogP contribution in [-0.4, -0.2) is 221 Å². The number of carbonyl (C=O) groups is 1. The molecule has 4 heterocycles. The van der Waals surface area contributed by atoms with Gasteiger partial charge in [-0.15, -0.1) is 0 Å². The highest BCUT2D eigenvalue weighted by atomic mass is 16.8. The Bertz CT molecular complexity index is 1740. The van der Waals surface area contributed by atoms with Gasteiger partial charge in [-0.2, -0.15) is 0 Å². The van der Waals surface area contributed by atoms with Crippen LogP contribution >= 0.6 is 0 Å². The highest BCUT2D eigenvalue weighted by Crippen LogP contribution is 2.73. The van der Waals surface area contributed by atoms with Crippen LogP contribution in [0.4, 0.5) is 0 Å². The normalized spacial score (nSPS) is 55.2. The highest BCUT2D eigenvalue weighted by molar-refractivity contribution is 5.77. The van der Waals surface area contributed by atoms with Gasteiger partial charge in [-0.05, 0) is 93.5 Å². The minimum atomic E-state index is -1.92. The molecule has 8 rings (SSSR count). The summed E-state index contributed by atoms with van der Waals surface area (Å²) in [5.41, 5.74) is -2.19. The van der Waals surface area contributed by atoms with E-state index in [0.29, 0.717) is 51.4 Å². The van der Waals surface area contributed by atoms with E-state index in [1.165, 1.54) is 6.92 Å². The van der Waals surface area contributed by atoms with Crippen molar-refractivity contribution in [2.75, 3.05) is 19.8 Å². The van der Waals surface area contributed by atoms with Crippen molar-refractivity contribution in [3.05, 3.63) is 12.2 Å². The van der Waals surface area contributed by atoms with Gasteiger partial charge >= 0.3 is 5.97 Å². The third-order valence-electron chi connectivity index (χ3n) is 17.0. The molecule has 4 saturated carbocycles. The third-order valence-corrected chi connectivity index (χ3v) is 17.0. The summed E-state index contributed by atoms with van der Waals surface area (Å²) in [7, 11) is 0. The zero-order valence-electron chi connectivity index (χ0n) is 37.4. The average molecular weight is 951 g/mol. The summed E-state index contributed by atoms with van der Waals surface area (Å²) in [6.45, 7) is 7.77. The Morgan fingerprint density at radius 3 is 1.74 bits per heavy atom. The number of aliphatic hydroxyl groups is 13. The highest BCUT2D eigenvalue weighted by Gasteiger charge is 2.70. The van der Waals surface area contributed by atoms with Gasteiger partial charge in [0.25, 0.3) is 0 Å². The van der Waals surface area contributed by atoms with Crippen molar-refractivity contribution in [2.45, 2.75) is 207 Å². The van der Waals surface area contributed by atoms with E-state index in [9.17, 15) is 71.2 Å². The second kappa shape index (κ2) is 18.9. The smallest absolute Gasteiger partial charge is 0.314 e. The molecule has 22 nitrogen and oxygen atoms in total. The number of esters is 1. The largest absolute Gasteiger partial charge is 0.432 e. The molecular weight excluding hydrogens is 880 g/mol. The van der Waals surface area contributed by atoms with Crippen molar-refractivity contribution < 1.29 is 109 Å². The number of hydrogen-bond donors (Lipinski definition) is 13. The molecule has 26 atom stereocenters. The number of fused-ring (bicyclic) bond motifs is 3. The molecule has 0 amide bonds. The fourth-order valence-electron chi connectivity index (χ4n) is 13.4. The lowest BCUT2D eigenvalue weighted by atomic mass is 9.41. The molecule has 0 aromatic rings. The zero-order valence-corrected chi connectivity index (χ0v) is 37.4. The molecule has 4 aliphatic heterocycles. The van der Waals surface area contributed by atoms with Gasteiger partial charge in [0.15, 0.2) is 18.9 Å². The number of ether oxygens (including phenoxy) is 8. The Morgan fingerprint density at radius 2 is 1.12 bits per heavy atom. The lowest BCUT2D eigenvalue weighted by Crippen LogP contribution is -2.67. The Labute approximate surface area is 381 Å². The molecule has 2 bridgehead atoms. The van der Waals surface area contributed by atoms with Crippen molar-refractivity contribution in [3.63, 3.8) is 0 Å². The van der Waals surface area contributed by atoms with E-state index in [4.69, 9.17) is 37.9 Å². The third kappa shape index (κ3) is 8.30. The van der Waals surface area contributed by atoms with Crippen LogP contribution in [0.15, 0.2) is 12.2 Å². The lowest BCUT2D eigenvalue weighted by molar-refractivity contribution is -0.398. The summed E-state index contributed by atoms with van der Waals surface area (Å²) >= 11 is 0. The summed E-state index contributed by atoms with van der Waals surface area (Å²) < 4.78 is 48.4. The van der Waals surface area contributed by atoms with Gasteiger partial charge in [0.1, 0.15) is 91.6 Å². The average Bonchev–Trinajstić information content (AvgIpc) is 3.48. The van der Waals surface area contributed by atoms with E-state index in [1.54, 1.807) is 0 Å². The molecule has 4 aliphatic carbocycles. The minimum Gasteiger partial charge on any atom is -0.432 e. The van der Waals surface area contributed by atoms with Crippen LogP contribution in [0.1, 0.15) is 78.6 Å². The monoisotopic (exact) mass is 950 g/mol. The summed E-state index contributed by atoms with van der Waals surface area (Å²) in [5.74, 6) is -0.750. The van der Waals surface area contributed by atoms with E-state index in [-0.39, 0.29) is 17.3 Å². The van der Waals surface area contributed by atoms with E-state index < -0.39 is 165 Å². The van der Waals surface area contributed by atoms with E-state index in [0.717, 1.165) is 12.0 Å². The molecule has 1 spiro atoms. The molecule has 0 aromatic heterocycles. The molecule has 3 unspecified atom stereocenters. The Balaban J connectivity index is 1.06. The first-order valence-electron chi connectivity index (χ1n) is 23.2. The number of aliphatic hydroxyl groups excluding tert-OH is 13. The maximum absolute atomic E-state index is 14.3. The van der Waals surface area contributed by atoms with Gasteiger partial charge in [0.05, 0.1) is 36.9 Å². The molecular formula is C44H70O22. The topological polar surface area (TPSA) is 354 Å². The SMILES string of the molecule is C=C1C[C@@]23CCC4[C@@](C)(CCC[C@@]4(C)C(=O)OC4O[C@H](CO)[C@@H](O)[C@H](O)[C@H]4O)C2CC[C@]1(O[C@@H]1O[C@H](CO)[C@@H](O)[C@H](O[C@@H]2O[C@H](CO)[C@@H](O)[C@H](O)[C@H]2O)[C@H]1O[C@H]1O[C@H](C)[C@@H](O)[C@H](O)[C@@H]1O)C3. The van der Waals surface area contributed by atoms with Crippen molar-refractivity contribution in [3.8, 4) is 0 Å². The number of carbonyl (C=O) groups excluding carboxylic acids is 1. The van der Waals surface area contributed by atoms with Gasteiger partial charge in [0, 0.05) is 0 Å². The van der Waals surface area contributed by atoms with Crippen molar-refractivity contribution in [1.29, 1.82) is 0 Å². The van der Waals surface area contributed by atoms with Crippen LogP contribution in [0.5, 0.6) is 0 Å². The van der Waals surface area contributed by atoms with Crippen molar-refractivity contribution in [1.82, 2.24) is 0 Å². The summed E-state index contributed by atoms with van der Waals surface area (Å²) in [5, 5.41) is 137. The molecule has 0 radical (unpaired) electrons. The molecule has 8 fully saturated rings. The van der Waals surface area contributed by atoms with Crippen molar-refractivity contribution >= 4 is 5.97 Å². The molecule has 66 heavy (non-hydrogen) atoms. The van der Waals surface area contributed by atoms with Crippen LogP contribution in [0, 0.1) is 28.1 Å². The predicted molar refractivity (Wildman–Crippen MR) is 218 cm³/mol. The fourth-order valence-corrected chi connectivity index (χ4v) is 13.4. The first kappa shape index (κ1) is 50.8. The Kier molecular flexibility index (Phi) is 14.5. The zero-order chi connectivity index (χ0) is 48.0. The summed E-state index contributed by atoms with van der Waals surface area (Å²) in [6, 6.07) is 0. The lowest BCUT2D eigenvalue weighted by Gasteiger charge is -2.64. The van der Waals surface area contributed by atoms with Gasteiger partial charge in [-0.1, -0.05) is 19.9 Å². The quantitative estimate of drug-likeness (QED) is 0.0532. The van der Waals surface area contributed by atoms with Gasteiger partial charge in [-0.3, -0.25) is 4.79 Å². The predicted octanol–water partition coefficient (Wildman–Crippen LogP) is -4.09. The minimum absolute atomic E-state index is 0.0493. The summed E-state index contributed by atoms with van der Waals surface area (Å²) in [4.78, 5) is 14.3.